The zero-order valence-electron chi connectivity index (χ0n) is 16.6. The Kier molecular flexibility index (Phi) is 5.63. The lowest BCUT2D eigenvalue weighted by Gasteiger charge is -2.08. The number of carbonyl (C=O) groups is 1. The summed E-state index contributed by atoms with van der Waals surface area (Å²) in [7, 11) is 0. The van der Waals surface area contributed by atoms with Crippen molar-refractivity contribution in [3.05, 3.63) is 88.7 Å². The maximum absolute atomic E-state index is 12.7. The van der Waals surface area contributed by atoms with E-state index in [0.29, 0.717) is 16.6 Å². The molecule has 0 radical (unpaired) electrons. The zero-order valence-corrected chi connectivity index (χ0v) is 17.4. The largest absolute Gasteiger partial charge is 0.337 e. The molecule has 4 rings (SSSR count). The van der Waals surface area contributed by atoms with Gasteiger partial charge in [0.25, 0.3) is 0 Å². The van der Waals surface area contributed by atoms with Crippen LogP contribution in [0.5, 0.6) is 0 Å². The van der Waals surface area contributed by atoms with Crippen molar-refractivity contribution in [3.8, 4) is 22.4 Å². The van der Waals surface area contributed by atoms with Gasteiger partial charge < -0.3 is 4.52 Å². The number of halogens is 1. The van der Waals surface area contributed by atoms with E-state index in [1.165, 1.54) is 0 Å². The zero-order chi connectivity index (χ0) is 21.1. The lowest BCUT2D eigenvalue weighted by molar-refractivity contribution is -0.115. The molecule has 1 amide bonds. The number of pyridine rings is 1. The Bertz CT molecular complexity index is 1180. The standard InChI is InChI=1S/C24H20ClN3O2/c1-15-11-16(2)13-19(12-15)23-22(17-7-9-26-10-8-17)24(30-28-23)27-21(29)14-18-5-3-4-6-20(18)25/h3-13H,14H2,1-2H3,(H,27,29). The molecule has 1 N–H and O–H groups in total. The van der Waals surface area contributed by atoms with E-state index in [1.807, 2.05) is 56.3 Å². The molecular weight excluding hydrogens is 398 g/mol. The molecule has 0 atom stereocenters. The number of anilines is 1. The van der Waals surface area contributed by atoms with Crippen molar-refractivity contribution in [2.75, 3.05) is 5.32 Å². The second-order valence-corrected chi connectivity index (χ2v) is 7.57. The fourth-order valence-electron chi connectivity index (χ4n) is 3.46. The summed E-state index contributed by atoms with van der Waals surface area (Å²) < 4.78 is 5.59. The molecule has 6 heteroatoms. The first-order valence-corrected chi connectivity index (χ1v) is 9.91. The van der Waals surface area contributed by atoms with Gasteiger partial charge in [-0.05, 0) is 55.3 Å². The van der Waals surface area contributed by atoms with Crippen LogP contribution in [0.1, 0.15) is 16.7 Å². The number of nitrogens with zero attached hydrogens (tertiary/aromatic N) is 2. The van der Waals surface area contributed by atoms with Crippen molar-refractivity contribution in [2.45, 2.75) is 20.3 Å². The predicted octanol–water partition coefficient (Wildman–Crippen LogP) is 5.86. The minimum atomic E-state index is -0.235. The minimum Gasteiger partial charge on any atom is -0.337 e. The van der Waals surface area contributed by atoms with Gasteiger partial charge in [-0.1, -0.05) is 52.1 Å². The maximum Gasteiger partial charge on any atom is 0.239 e. The predicted molar refractivity (Wildman–Crippen MR) is 118 cm³/mol. The van der Waals surface area contributed by atoms with Crippen molar-refractivity contribution in [3.63, 3.8) is 0 Å². The summed E-state index contributed by atoms with van der Waals surface area (Å²) in [4.78, 5) is 16.8. The van der Waals surface area contributed by atoms with Crippen LogP contribution in [0.3, 0.4) is 0 Å². The average molecular weight is 418 g/mol. The molecule has 2 heterocycles. The summed E-state index contributed by atoms with van der Waals surface area (Å²) in [5.41, 5.74) is 6.16. The van der Waals surface area contributed by atoms with Gasteiger partial charge in [0.05, 0.1) is 12.0 Å². The van der Waals surface area contributed by atoms with Gasteiger partial charge in [0.1, 0.15) is 5.69 Å². The maximum atomic E-state index is 12.7. The van der Waals surface area contributed by atoms with Crippen LogP contribution >= 0.6 is 11.6 Å². The molecule has 0 spiro atoms. The Morgan fingerprint density at radius 3 is 2.40 bits per heavy atom. The minimum absolute atomic E-state index is 0.134. The number of aryl methyl sites for hydroxylation is 2. The highest BCUT2D eigenvalue weighted by atomic mass is 35.5. The van der Waals surface area contributed by atoms with Crippen LogP contribution in [-0.2, 0) is 11.2 Å². The molecule has 2 aromatic carbocycles. The van der Waals surface area contributed by atoms with Crippen LogP contribution in [0.4, 0.5) is 5.88 Å². The molecule has 0 saturated heterocycles. The third kappa shape index (κ3) is 4.26. The van der Waals surface area contributed by atoms with Gasteiger partial charge >= 0.3 is 0 Å². The Morgan fingerprint density at radius 1 is 1.00 bits per heavy atom. The van der Waals surface area contributed by atoms with Crippen LogP contribution < -0.4 is 5.32 Å². The highest BCUT2D eigenvalue weighted by Crippen LogP contribution is 2.38. The number of nitrogens with one attached hydrogen (secondary N) is 1. The number of amides is 1. The average Bonchev–Trinajstić information content (AvgIpc) is 3.13. The summed E-state index contributed by atoms with van der Waals surface area (Å²) in [6.07, 6.45) is 3.53. The summed E-state index contributed by atoms with van der Waals surface area (Å²) in [5, 5.41) is 7.69. The Hall–Kier alpha value is -3.44. The lowest BCUT2D eigenvalue weighted by Crippen LogP contribution is -2.14. The number of benzene rings is 2. The van der Waals surface area contributed by atoms with Gasteiger partial charge in [-0.25, -0.2) is 0 Å². The third-order valence-electron chi connectivity index (χ3n) is 4.72. The monoisotopic (exact) mass is 417 g/mol. The van der Waals surface area contributed by atoms with E-state index in [9.17, 15) is 4.79 Å². The molecular formula is C24H20ClN3O2. The molecule has 150 valence electrons. The van der Waals surface area contributed by atoms with E-state index in [4.69, 9.17) is 16.1 Å². The highest BCUT2D eigenvalue weighted by Gasteiger charge is 2.22. The van der Waals surface area contributed by atoms with Gasteiger partial charge in [-0.3, -0.25) is 15.1 Å². The van der Waals surface area contributed by atoms with Gasteiger partial charge in [-0.2, -0.15) is 0 Å². The smallest absolute Gasteiger partial charge is 0.239 e. The SMILES string of the molecule is Cc1cc(C)cc(-c2noc(NC(=O)Cc3ccccc3Cl)c2-c2ccncc2)c1. The van der Waals surface area contributed by atoms with E-state index in [1.54, 1.807) is 18.5 Å². The van der Waals surface area contributed by atoms with Crippen molar-refractivity contribution < 1.29 is 9.32 Å². The number of aromatic nitrogens is 2. The van der Waals surface area contributed by atoms with Gasteiger partial charge in [0.2, 0.25) is 11.8 Å². The van der Waals surface area contributed by atoms with Crippen LogP contribution in [0, 0.1) is 13.8 Å². The third-order valence-corrected chi connectivity index (χ3v) is 5.09. The van der Waals surface area contributed by atoms with Crippen molar-refractivity contribution in [1.29, 1.82) is 0 Å². The molecule has 2 aromatic heterocycles. The van der Waals surface area contributed by atoms with Crippen LogP contribution in [0.15, 0.2) is 71.5 Å². The van der Waals surface area contributed by atoms with Gasteiger partial charge in [-0.15, -0.1) is 0 Å². The van der Waals surface area contributed by atoms with E-state index in [-0.39, 0.29) is 12.3 Å². The molecule has 0 saturated carbocycles. The Balaban J connectivity index is 1.72. The molecule has 0 aliphatic carbocycles. The van der Waals surface area contributed by atoms with E-state index in [2.05, 4.69) is 21.5 Å². The fourth-order valence-corrected chi connectivity index (χ4v) is 3.66. The van der Waals surface area contributed by atoms with Crippen molar-refractivity contribution in [1.82, 2.24) is 10.1 Å². The lowest BCUT2D eigenvalue weighted by atomic mass is 9.99. The highest BCUT2D eigenvalue weighted by molar-refractivity contribution is 6.31. The Labute approximate surface area is 179 Å². The topological polar surface area (TPSA) is 68.0 Å². The molecule has 5 nitrogen and oxygen atoms in total. The number of rotatable bonds is 5. The first-order chi connectivity index (χ1) is 14.5. The fraction of sp³-hybridized carbons (Fsp3) is 0.125. The van der Waals surface area contributed by atoms with Gasteiger partial charge in [0.15, 0.2) is 0 Å². The molecule has 0 aliphatic heterocycles. The van der Waals surface area contributed by atoms with Crippen molar-refractivity contribution in [2.24, 2.45) is 0 Å². The van der Waals surface area contributed by atoms with E-state index >= 15 is 0 Å². The van der Waals surface area contributed by atoms with Crippen LogP contribution in [0.2, 0.25) is 5.02 Å². The number of hydrogen-bond donors (Lipinski definition) is 1. The first-order valence-electron chi connectivity index (χ1n) is 9.53. The molecule has 0 unspecified atom stereocenters. The normalized spacial score (nSPS) is 10.8. The molecule has 4 aromatic rings. The summed E-state index contributed by atoms with van der Waals surface area (Å²) >= 11 is 6.19. The van der Waals surface area contributed by atoms with Crippen LogP contribution in [-0.4, -0.2) is 16.0 Å². The summed E-state index contributed by atoms with van der Waals surface area (Å²) in [6, 6.07) is 17.2. The van der Waals surface area contributed by atoms with Gasteiger partial charge in [0, 0.05) is 23.0 Å². The summed E-state index contributed by atoms with van der Waals surface area (Å²) in [5.74, 6) is 0.0638. The molecule has 0 fully saturated rings. The summed E-state index contributed by atoms with van der Waals surface area (Å²) in [6.45, 7) is 4.07. The number of carbonyl (C=O) groups excluding carboxylic acids is 1. The second kappa shape index (κ2) is 8.51. The van der Waals surface area contributed by atoms with E-state index in [0.717, 1.165) is 33.4 Å². The molecule has 0 aliphatic rings. The van der Waals surface area contributed by atoms with E-state index < -0.39 is 0 Å². The first kappa shape index (κ1) is 19.9. The quantitative estimate of drug-likeness (QED) is 0.442. The van der Waals surface area contributed by atoms with Crippen molar-refractivity contribution >= 4 is 23.4 Å². The van der Waals surface area contributed by atoms with Crippen LogP contribution in [0.25, 0.3) is 22.4 Å². The number of hydrogen-bond acceptors (Lipinski definition) is 4. The Morgan fingerprint density at radius 2 is 1.70 bits per heavy atom. The second-order valence-electron chi connectivity index (χ2n) is 7.16. The molecule has 30 heavy (non-hydrogen) atoms. The molecule has 0 bridgehead atoms.